The van der Waals surface area contributed by atoms with Gasteiger partial charge in [0.05, 0.1) is 7.11 Å². The van der Waals surface area contributed by atoms with Crippen LogP contribution in [0, 0.1) is 0 Å². The van der Waals surface area contributed by atoms with Gasteiger partial charge >= 0.3 is 0 Å². The van der Waals surface area contributed by atoms with Gasteiger partial charge in [-0.05, 0) is 48.0 Å². The first-order valence-corrected chi connectivity index (χ1v) is 10.3. The SMILES string of the molecule is COc1ccc(CNCc2cc(Br)ccc2OCc2c(Cl)cccc2Cl)cc1. The van der Waals surface area contributed by atoms with E-state index in [-0.39, 0.29) is 0 Å². The van der Waals surface area contributed by atoms with E-state index in [1.807, 2.05) is 60.7 Å². The highest BCUT2D eigenvalue weighted by molar-refractivity contribution is 9.10. The van der Waals surface area contributed by atoms with Gasteiger partial charge in [-0.25, -0.2) is 0 Å². The minimum absolute atomic E-state index is 0.311. The molecule has 3 aromatic carbocycles. The van der Waals surface area contributed by atoms with Gasteiger partial charge in [-0.1, -0.05) is 57.3 Å². The molecular formula is C22H20BrCl2NO2. The molecule has 0 aliphatic heterocycles. The van der Waals surface area contributed by atoms with Gasteiger partial charge in [0.25, 0.3) is 0 Å². The predicted octanol–water partition coefficient (Wildman–Crippen LogP) is 6.63. The molecule has 3 rings (SSSR count). The first kappa shape index (κ1) is 21.0. The third-order valence-electron chi connectivity index (χ3n) is 4.26. The molecule has 0 aliphatic rings. The maximum absolute atomic E-state index is 6.24. The Kier molecular flexibility index (Phi) is 7.63. The molecule has 0 spiro atoms. The lowest BCUT2D eigenvalue weighted by atomic mass is 10.1. The van der Waals surface area contributed by atoms with Crippen LogP contribution in [-0.4, -0.2) is 7.11 Å². The summed E-state index contributed by atoms with van der Waals surface area (Å²) in [5.74, 6) is 1.64. The van der Waals surface area contributed by atoms with Gasteiger partial charge in [-0.15, -0.1) is 0 Å². The standard InChI is InChI=1S/C22H20BrCl2NO2/c1-27-18-8-5-15(6-9-18)12-26-13-16-11-17(23)7-10-22(16)28-14-19-20(24)3-2-4-21(19)25/h2-11,26H,12-14H2,1H3. The fraction of sp³-hybridized carbons (Fsp3) is 0.182. The second-order valence-electron chi connectivity index (χ2n) is 6.19. The molecule has 3 nitrogen and oxygen atoms in total. The minimum Gasteiger partial charge on any atom is -0.497 e. The van der Waals surface area contributed by atoms with Crippen LogP contribution in [0.4, 0.5) is 0 Å². The Balaban J connectivity index is 1.65. The average Bonchev–Trinajstić information content (AvgIpc) is 2.69. The van der Waals surface area contributed by atoms with Crippen LogP contribution in [0.1, 0.15) is 16.7 Å². The van der Waals surface area contributed by atoms with E-state index in [9.17, 15) is 0 Å². The van der Waals surface area contributed by atoms with Crippen molar-refractivity contribution in [2.24, 2.45) is 0 Å². The first-order chi connectivity index (χ1) is 13.6. The zero-order chi connectivity index (χ0) is 19.9. The van der Waals surface area contributed by atoms with Crippen molar-refractivity contribution in [3.63, 3.8) is 0 Å². The van der Waals surface area contributed by atoms with E-state index < -0.39 is 0 Å². The minimum atomic E-state index is 0.311. The molecule has 28 heavy (non-hydrogen) atoms. The van der Waals surface area contributed by atoms with Gasteiger partial charge in [-0.3, -0.25) is 0 Å². The van der Waals surface area contributed by atoms with Crippen molar-refractivity contribution in [2.45, 2.75) is 19.7 Å². The summed E-state index contributed by atoms with van der Waals surface area (Å²) >= 11 is 16.0. The third-order valence-corrected chi connectivity index (χ3v) is 5.46. The highest BCUT2D eigenvalue weighted by atomic mass is 79.9. The Bertz CT molecular complexity index is 912. The van der Waals surface area contributed by atoms with Crippen molar-refractivity contribution in [2.75, 3.05) is 7.11 Å². The topological polar surface area (TPSA) is 30.5 Å². The monoisotopic (exact) mass is 479 g/mol. The normalized spacial score (nSPS) is 10.7. The van der Waals surface area contributed by atoms with E-state index in [4.69, 9.17) is 32.7 Å². The molecule has 0 saturated heterocycles. The van der Waals surface area contributed by atoms with E-state index in [1.54, 1.807) is 7.11 Å². The molecule has 0 atom stereocenters. The molecule has 0 aromatic heterocycles. The molecule has 0 radical (unpaired) electrons. The van der Waals surface area contributed by atoms with Crippen molar-refractivity contribution in [3.05, 3.63) is 91.9 Å². The highest BCUT2D eigenvalue weighted by Crippen LogP contribution is 2.28. The third kappa shape index (κ3) is 5.65. The predicted molar refractivity (Wildman–Crippen MR) is 118 cm³/mol. The molecule has 0 amide bonds. The number of nitrogens with one attached hydrogen (secondary N) is 1. The van der Waals surface area contributed by atoms with E-state index in [0.717, 1.165) is 33.6 Å². The lowest BCUT2D eigenvalue weighted by Crippen LogP contribution is -2.13. The maximum Gasteiger partial charge on any atom is 0.124 e. The van der Waals surface area contributed by atoms with Crippen LogP contribution in [-0.2, 0) is 19.7 Å². The Morgan fingerprint density at radius 3 is 2.32 bits per heavy atom. The average molecular weight is 481 g/mol. The summed E-state index contributed by atoms with van der Waals surface area (Å²) in [5, 5.41) is 4.65. The van der Waals surface area contributed by atoms with Gasteiger partial charge in [0.1, 0.15) is 18.1 Å². The van der Waals surface area contributed by atoms with Crippen LogP contribution in [0.5, 0.6) is 11.5 Å². The molecule has 1 N–H and O–H groups in total. The Morgan fingerprint density at radius 2 is 1.64 bits per heavy atom. The Labute approximate surface area is 183 Å². The van der Waals surface area contributed by atoms with E-state index in [0.29, 0.717) is 23.2 Å². The molecule has 3 aromatic rings. The van der Waals surface area contributed by atoms with Gasteiger partial charge < -0.3 is 14.8 Å². The van der Waals surface area contributed by atoms with Crippen LogP contribution in [0.2, 0.25) is 10.0 Å². The maximum atomic E-state index is 6.24. The van der Waals surface area contributed by atoms with E-state index in [2.05, 4.69) is 21.2 Å². The van der Waals surface area contributed by atoms with Crippen LogP contribution in [0.3, 0.4) is 0 Å². The zero-order valence-electron chi connectivity index (χ0n) is 15.3. The lowest BCUT2D eigenvalue weighted by molar-refractivity contribution is 0.302. The van der Waals surface area contributed by atoms with Gasteiger partial charge in [-0.2, -0.15) is 0 Å². The fourth-order valence-electron chi connectivity index (χ4n) is 2.73. The van der Waals surface area contributed by atoms with Crippen molar-refractivity contribution >= 4 is 39.1 Å². The molecule has 0 unspecified atom stereocenters. The summed E-state index contributed by atoms with van der Waals surface area (Å²) in [5.41, 5.74) is 3.01. The van der Waals surface area contributed by atoms with Gasteiger partial charge in [0.15, 0.2) is 0 Å². The smallest absolute Gasteiger partial charge is 0.124 e. The number of halogens is 3. The Hall–Kier alpha value is -1.72. The largest absolute Gasteiger partial charge is 0.497 e. The molecule has 0 heterocycles. The summed E-state index contributed by atoms with van der Waals surface area (Å²) in [6.45, 7) is 1.72. The summed E-state index contributed by atoms with van der Waals surface area (Å²) in [4.78, 5) is 0. The highest BCUT2D eigenvalue weighted by Gasteiger charge is 2.09. The molecule has 0 aliphatic carbocycles. The summed E-state index contributed by atoms with van der Waals surface area (Å²) in [7, 11) is 1.66. The number of rotatable bonds is 8. The quantitative estimate of drug-likeness (QED) is 0.392. The van der Waals surface area contributed by atoms with Crippen molar-refractivity contribution < 1.29 is 9.47 Å². The van der Waals surface area contributed by atoms with Crippen LogP contribution >= 0.6 is 39.1 Å². The molecule has 0 fully saturated rings. The number of methoxy groups -OCH3 is 1. The molecular weight excluding hydrogens is 461 g/mol. The lowest BCUT2D eigenvalue weighted by Gasteiger charge is -2.14. The number of ether oxygens (including phenoxy) is 2. The van der Waals surface area contributed by atoms with E-state index in [1.165, 1.54) is 5.56 Å². The molecule has 146 valence electrons. The van der Waals surface area contributed by atoms with Gasteiger partial charge in [0, 0.05) is 38.7 Å². The number of hydrogen-bond acceptors (Lipinski definition) is 3. The zero-order valence-corrected chi connectivity index (χ0v) is 18.4. The van der Waals surface area contributed by atoms with E-state index >= 15 is 0 Å². The molecule has 6 heteroatoms. The molecule has 0 saturated carbocycles. The summed E-state index contributed by atoms with van der Waals surface area (Å²) in [6, 6.07) is 19.4. The van der Waals surface area contributed by atoms with Crippen LogP contribution < -0.4 is 14.8 Å². The fourth-order valence-corrected chi connectivity index (χ4v) is 3.65. The number of benzene rings is 3. The van der Waals surface area contributed by atoms with Gasteiger partial charge in [0.2, 0.25) is 0 Å². The summed E-state index contributed by atoms with van der Waals surface area (Å²) in [6.07, 6.45) is 0. The van der Waals surface area contributed by atoms with Crippen LogP contribution in [0.15, 0.2) is 65.1 Å². The van der Waals surface area contributed by atoms with Crippen molar-refractivity contribution in [1.82, 2.24) is 5.32 Å². The van der Waals surface area contributed by atoms with Crippen molar-refractivity contribution in [1.29, 1.82) is 0 Å². The second kappa shape index (κ2) is 10.2. The number of hydrogen-bond donors (Lipinski definition) is 1. The summed E-state index contributed by atoms with van der Waals surface area (Å²) < 4.78 is 12.2. The van der Waals surface area contributed by atoms with Crippen molar-refractivity contribution in [3.8, 4) is 11.5 Å². The van der Waals surface area contributed by atoms with Crippen LogP contribution in [0.25, 0.3) is 0 Å². The Morgan fingerprint density at radius 1 is 0.929 bits per heavy atom. The molecule has 0 bridgehead atoms. The second-order valence-corrected chi connectivity index (χ2v) is 7.92. The first-order valence-electron chi connectivity index (χ1n) is 8.74.